The lowest BCUT2D eigenvalue weighted by Gasteiger charge is -2.25. The highest BCUT2D eigenvalue weighted by Crippen LogP contribution is 2.45. The van der Waals surface area contributed by atoms with Gasteiger partial charge in [0.05, 0.1) is 5.69 Å². The fourth-order valence-electron chi connectivity index (χ4n) is 3.66. The predicted octanol–water partition coefficient (Wildman–Crippen LogP) is 4.09. The van der Waals surface area contributed by atoms with Crippen molar-refractivity contribution in [3.63, 3.8) is 0 Å². The van der Waals surface area contributed by atoms with Crippen molar-refractivity contribution in [1.82, 2.24) is 9.88 Å². The van der Waals surface area contributed by atoms with Crippen molar-refractivity contribution in [1.29, 1.82) is 0 Å². The number of nitrogens with one attached hydrogen (secondary N) is 1. The molecule has 0 saturated heterocycles. The number of carbonyl (C=O) groups is 1. The molecule has 1 aliphatic carbocycles. The van der Waals surface area contributed by atoms with Crippen LogP contribution in [0.5, 0.6) is 0 Å². The van der Waals surface area contributed by atoms with Crippen LogP contribution in [0.2, 0.25) is 0 Å². The average Bonchev–Trinajstić information content (AvgIpc) is 3.13. The van der Waals surface area contributed by atoms with E-state index in [2.05, 4.69) is 17.1 Å². The molecule has 2 aromatic rings. The first-order valence-electron chi connectivity index (χ1n) is 8.79. The molecule has 128 valence electrons. The number of hydrogen-bond acceptors (Lipinski definition) is 5. The lowest BCUT2D eigenvalue weighted by atomic mass is 10.0. The van der Waals surface area contributed by atoms with Crippen molar-refractivity contribution >= 4 is 33.6 Å². The van der Waals surface area contributed by atoms with E-state index in [4.69, 9.17) is 4.98 Å². The molecule has 3 heterocycles. The van der Waals surface area contributed by atoms with Crippen LogP contribution in [0.25, 0.3) is 10.6 Å². The van der Waals surface area contributed by atoms with Gasteiger partial charge >= 0.3 is 0 Å². The summed E-state index contributed by atoms with van der Waals surface area (Å²) < 4.78 is 0. The van der Waals surface area contributed by atoms with Gasteiger partial charge in [0.2, 0.25) is 5.91 Å². The quantitative estimate of drug-likeness (QED) is 0.896. The lowest BCUT2D eigenvalue weighted by Crippen LogP contribution is -2.29. The van der Waals surface area contributed by atoms with Crippen molar-refractivity contribution in [2.75, 3.05) is 18.4 Å². The highest BCUT2D eigenvalue weighted by atomic mass is 32.1. The minimum absolute atomic E-state index is 0.00325. The van der Waals surface area contributed by atoms with Crippen molar-refractivity contribution in [3.05, 3.63) is 21.0 Å². The van der Waals surface area contributed by atoms with E-state index in [9.17, 15) is 4.79 Å². The summed E-state index contributed by atoms with van der Waals surface area (Å²) >= 11 is 3.59. The molecule has 2 aromatic heterocycles. The van der Waals surface area contributed by atoms with Gasteiger partial charge in [-0.05, 0) is 44.2 Å². The van der Waals surface area contributed by atoms with Crippen molar-refractivity contribution < 1.29 is 4.79 Å². The molecule has 1 aliphatic heterocycles. The maximum Gasteiger partial charge on any atom is 0.221 e. The van der Waals surface area contributed by atoms with Crippen molar-refractivity contribution in [3.8, 4) is 10.6 Å². The lowest BCUT2D eigenvalue weighted by molar-refractivity contribution is -0.114. The van der Waals surface area contributed by atoms with Gasteiger partial charge in [0.1, 0.15) is 10.0 Å². The zero-order chi connectivity index (χ0) is 16.7. The van der Waals surface area contributed by atoms with Gasteiger partial charge in [0.25, 0.3) is 0 Å². The summed E-state index contributed by atoms with van der Waals surface area (Å²) in [5.74, 6) is 0.00325. The third kappa shape index (κ3) is 2.91. The predicted molar refractivity (Wildman–Crippen MR) is 101 cm³/mol. The number of aromatic nitrogens is 1. The smallest absolute Gasteiger partial charge is 0.221 e. The van der Waals surface area contributed by atoms with Gasteiger partial charge in [-0.2, -0.15) is 0 Å². The topological polar surface area (TPSA) is 45.2 Å². The Bertz CT molecular complexity index is 754. The number of rotatable bonds is 3. The number of anilines is 1. The minimum Gasteiger partial charge on any atom is -0.317 e. The number of carbonyl (C=O) groups excluding carboxylic acids is 1. The normalized spacial score (nSPS) is 17.4. The van der Waals surface area contributed by atoms with Crippen LogP contribution in [0.4, 0.5) is 5.00 Å². The second-order valence-electron chi connectivity index (χ2n) is 6.60. The number of fused-ring (bicyclic) bond motifs is 2. The number of thiophene rings is 1. The van der Waals surface area contributed by atoms with E-state index in [-0.39, 0.29) is 5.91 Å². The van der Waals surface area contributed by atoms with Crippen LogP contribution >= 0.6 is 22.7 Å². The van der Waals surface area contributed by atoms with E-state index in [1.54, 1.807) is 18.3 Å². The molecular weight excluding hydrogens is 338 g/mol. The number of thiazole rings is 1. The Labute approximate surface area is 150 Å². The number of nitrogens with zero attached hydrogens (tertiary/aromatic N) is 2. The van der Waals surface area contributed by atoms with Crippen molar-refractivity contribution in [2.45, 2.75) is 52.5 Å². The molecule has 0 aromatic carbocycles. The summed E-state index contributed by atoms with van der Waals surface area (Å²) in [6, 6.07) is 0. The standard InChI is InChI=1S/C18H23N3OS2/c1-3-21-9-8-12-15(10-21)24-17(19-11(2)22)16(12)18-20-13-6-4-5-7-14(13)23-18/h3-10H2,1-2H3,(H,19,22). The first kappa shape index (κ1) is 16.2. The Kier molecular flexibility index (Phi) is 4.45. The molecule has 0 unspecified atom stereocenters. The zero-order valence-corrected chi connectivity index (χ0v) is 15.9. The van der Waals surface area contributed by atoms with E-state index >= 15 is 0 Å². The van der Waals surface area contributed by atoms with Gasteiger partial charge in [-0.1, -0.05) is 6.92 Å². The summed E-state index contributed by atoms with van der Waals surface area (Å²) in [4.78, 5) is 22.0. The molecular formula is C18H23N3OS2. The Morgan fingerprint density at radius 1 is 1.21 bits per heavy atom. The van der Waals surface area contributed by atoms with E-state index in [0.717, 1.165) is 42.5 Å². The first-order valence-corrected chi connectivity index (χ1v) is 10.4. The first-order chi connectivity index (χ1) is 11.7. The van der Waals surface area contributed by atoms with Crippen LogP contribution < -0.4 is 5.32 Å². The second-order valence-corrected chi connectivity index (χ2v) is 8.79. The summed E-state index contributed by atoms with van der Waals surface area (Å²) in [5, 5.41) is 5.19. The molecule has 0 bridgehead atoms. The van der Waals surface area contributed by atoms with E-state index in [1.165, 1.54) is 45.8 Å². The second kappa shape index (κ2) is 6.58. The molecule has 24 heavy (non-hydrogen) atoms. The van der Waals surface area contributed by atoms with Gasteiger partial charge in [-0.25, -0.2) is 4.98 Å². The summed E-state index contributed by atoms with van der Waals surface area (Å²) in [6.07, 6.45) is 5.86. The molecule has 6 heteroatoms. The highest BCUT2D eigenvalue weighted by molar-refractivity contribution is 7.19. The van der Waals surface area contributed by atoms with E-state index < -0.39 is 0 Å². The number of aryl methyl sites for hydroxylation is 2. The van der Waals surface area contributed by atoms with Crippen molar-refractivity contribution in [2.24, 2.45) is 0 Å². The summed E-state index contributed by atoms with van der Waals surface area (Å²) in [5.41, 5.74) is 3.92. The molecule has 1 N–H and O–H groups in total. The third-order valence-corrected chi connectivity index (χ3v) is 7.24. The van der Waals surface area contributed by atoms with Crippen LogP contribution in [0, 0.1) is 0 Å². The Balaban J connectivity index is 1.79. The Morgan fingerprint density at radius 2 is 2.04 bits per heavy atom. The monoisotopic (exact) mass is 361 g/mol. The zero-order valence-electron chi connectivity index (χ0n) is 14.3. The average molecular weight is 362 g/mol. The Hall–Kier alpha value is -1.24. The van der Waals surface area contributed by atoms with Gasteiger partial charge in [-0.3, -0.25) is 9.69 Å². The maximum atomic E-state index is 11.7. The number of likely N-dealkylation sites (N-methyl/N-ethyl adjacent to an activating group) is 1. The fraction of sp³-hybridized carbons (Fsp3) is 0.556. The van der Waals surface area contributed by atoms with E-state index in [1.807, 2.05) is 11.3 Å². The van der Waals surface area contributed by atoms with Gasteiger partial charge in [0, 0.05) is 35.3 Å². The molecule has 0 spiro atoms. The maximum absolute atomic E-state index is 11.7. The molecule has 4 nitrogen and oxygen atoms in total. The fourth-order valence-corrected chi connectivity index (χ4v) is 6.29. The molecule has 2 aliphatic rings. The molecule has 0 atom stereocenters. The highest BCUT2D eigenvalue weighted by Gasteiger charge is 2.28. The summed E-state index contributed by atoms with van der Waals surface area (Å²) in [7, 11) is 0. The third-order valence-electron chi connectivity index (χ3n) is 4.93. The van der Waals surface area contributed by atoms with E-state index in [0.29, 0.717) is 0 Å². The van der Waals surface area contributed by atoms with Gasteiger partial charge < -0.3 is 5.32 Å². The van der Waals surface area contributed by atoms with Crippen LogP contribution in [0.15, 0.2) is 0 Å². The number of hydrogen-bond donors (Lipinski definition) is 1. The van der Waals surface area contributed by atoms with Crippen LogP contribution in [0.1, 0.15) is 47.7 Å². The SMILES string of the molecule is CCN1CCc2c(sc(NC(C)=O)c2-c2nc3c(s2)CCCC3)C1. The Morgan fingerprint density at radius 3 is 2.79 bits per heavy atom. The minimum atomic E-state index is 0.00325. The van der Waals surface area contributed by atoms with Gasteiger partial charge in [0.15, 0.2) is 0 Å². The van der Waals surface area contributed by atoms with Crippen LogP contribution in [-0.4, -0.2) is 28.9 Å². The van der Waals surface area contributed by atoms with Crippen LogP contribution in [0.3, 0.4) is 0 Å². The summed E-state index contributed by atoms with van der Waals surface area (Å²) in [6.45, 7) is 6.97. The molecule has 4 rings (SSSR count). The largest absolute Gasteiger partial charge is 0.317 e. The van der Waals surface area contributed by atoms with Crippen LogP contribution in [-0.2, 0) is 30.6 Å². The number of amides is 1. The molecule has 0 saturated carbocycles. The molecule has 0 fully saturated rings. The molecule has 1 amide bonds. The van der Waals surface area contributed by atoms with Gasteiger partial charge in [-0.15, -0.1) is 22.7 Å². The molecule has 0 radical (unpaired) electrons.